The molecule has 4 atom stereocenters. The molecule has 1 aromatic heterocycles. The molecule has 0 unspecified atom stereocenters. The zero-order chi connectivity index (χ0) is 18.8. The molecule has 0 bridgehead atoms. The first-order valence-electron chi connectivity index (χ1n) is 8.09. The van der Waals surface area contributed by atoms with Gasteiger partial charge >= 0.3 is 5.97 Å². The second-order valence-electron chi connectivity index (χ2n) is 6.43. The maximum absolute atomic E-state index is 12.7. The van der Waals surface area contributed by atoms with Gasteiger partial charge in [0.25, 0.3) is 0 Å². The van der Waals surface area contributed by atoms with Gasteiger partial charge in [-0.25, -0.2) is 0 Å². The van der Waals surface area contributed by atoms with Crippen molar-refractivity contribution >= 4 is 17.5 Å². The van der Waals surface area contributed by atoms with E-state index in [1.54, 1.807) is 6.92 Å². The Bertz CT molecular complexity index is 681. The molecule has 1 aromatic rings. The quantitative estimate of drug-likeness (QED) is 0.320. The summed E-state index contributed by atoms with van der Waals surface area (Å²) in [5, 5.41) is 11.8. The molecular weight excluding hydrogens is 330 g/mol. The van der Waals surface area contributed by atoms with Crippen LogP contribution in [0.1, 0.15) is 45.1 Å². The second-order valence-corrected chi connectivity index (χ2v) is 6.43. The summed E-state index contributed by atoms with van der Waals surface area (Å²) in [6.45, 7) is 4.22. The third kappa shape index (κ3) is 3.20. The molecule has 8 nitrogen and oxygen atoms in total. The number of carbonyl (C=O) groups is 3. The van der Waals surface area contributed by atoms with Gasteiger partial charge in [0.15, 0.2) is 0 Å². The fourth-order valence-corrected chi connectivity index (χ4v) is 3.99. The predicted molar refractivity (Wildman–Crippen MR) is 85.4 cm³/mol. The van der Waals surface area contributed by atoms with Gasteiger partial charge in [-0.05, 0) is 33.3 Å². The second kappa shape index (κ2) is 7.16. The minimum Gasteiger partial charge on any atom is -0.472 e. The maximum atomic E-state index is 12.7. The zero-order valence-electron chi connectivity index (χ0n) is 14.4. The molecule has 25 heavy (non-hydrogen) atoms. The third-order valence-electron chi connectivity index (χ3n) is 4.90. The van der Waals surface area contributed by atoms with Crippen LogP contribution >= 0.6 is 0 Å². The standard InChI is InChI=1S/C17H21NO7/c1-4-25-16(21)17(11(3)20)8-13(7-10(2)19)15(18(22)23)14(17)12-5-6-24-9-12/h5-6,9,13-15H,4,7-8H2,1-3H3/t13-,14+,15-,17+/m1/s1. The zero-order valence-corrected chi connectivity index (χ0v) is 14.4. The highest BCUT2D eigenvalue weighted by molar-refractivity contribution is 6.04. The van der Waals surface area contributed by atoms with Gasteiger partial charge in [0.1, 0.15) is 17.0 Å². The number of nitro groups is 1. The van der Waals surface area contributed by atoms with Crippen LogP contribution in [0.3, 0.4) is 0 Å². The number of rotatable bonds is 7. The Hall–Kier alpha value is -2.51. The monoisotopic (exact) mass is 351 g/mol. The number of hydrogen-bond donors (Lipinski definition) is 0. The number of hydrogen-bond acceptors (Lipinski definition) is 7. The van der Waals surface area contributed by atoms with Crippen LogP contribution in [0.4, 0.5) is 0 Å². The molecule has 1 aliphatic carbocycles. The third-order valence-corrected chi connectivity index (χ3v) is 4.90. The Balaban J connectivity index is 2.65. The molecule has 0 radical (unpaired) electrons. The van der Waals surface area contributed by atoms with Crippen molar-refractivity contribution in [3.8, 4) is 0 Å². The molecule has 0 amide bonds. The van der Waals surface area contributed by atoms with E-state index in [2.05, 4.69) is 0 Å². The Kier molecular flexibility index (Phi) is 5.39. The lowest BCUT2D eigenvalue weighted by molar-refractivity contribution is -0.532. The Morgan fingerprint density at radius 3 is 2.52 bits per heavy atom. The van der Waals surface area contributed by atoms with E-state index in [1.165, 1.54) is 32.4 Å². The molecule has 0 aromatic carbocycles. The molecular formula is C17H21NO7. The van der Waals surface area contributed by atoms with E-state index in [0.29, 0.717) is 5.56 Å². The van der Waals surface area contributed by atoms with Crippen LogP contribution in [0, 0.1) is 21.4 Å². The number of Topliss-reactive ketones (excluding diaryl/α,β-unsaturated/α-hetero) is 2. The summed E-state index contributed by atoms with van der Waals surface area (Å²) in [7, 11) is 0. The van der Waals surface area contributed by atoms with Crippen LogP contribution in [-0.2, 0) is 19.1 Å². The molecule has 0 aliphatic heterocycles. The van der Waals surface area contributed by atoms with Gasteiger partial charge in [-0.15, -0.1) is 0 Å². The minimum absolute atomic E-state index is 0.0481. The Morgan fingerprint density at radius 2 is 2.08 bits per heavy atom. The number of furan rings is 1. The van der Waals surface area contributed by atoms with Crippen molar-refractivity contribution in [2.75, 3.05) is 6.61 Å². The Labute approximate surface area is 144 Å². The van der Waals surface area contributed by atoms with Gasteiger partial charge in [-0.2, -0.15) is 0 Å². The average Bonchev–Trinajstić information content (AvgIpc) is 3.11. The summed E-state index contributed by atoms with van der Waals surface area (Å²) >= 11 is 0. The van der Waals surface area contributed by atoms with Crippen molar-refractivity contribution < 1.29 is 28.5 Å². The molecule has 136 valence electrons. The van der Waals surface area contributed by atoms with Gasteiger partial charge < -0.3 is 13.9 Å². The van der Waals surface area contributed by atoms with Crippen molar-refractivity contribution in [3.05, 3.63) is 34.3 Å². The van der Waals surface area contributed by atoms with Gasteiger partial charge in [-0.3, -0.25) is 19.7 Å². The lowest BCUT2D eigenvalue weighted by Crippen LogP contribution is -2.44. The van der Waals surface area contributed by atoms with Crippen LogP contribution in [0.25, 0.3) is 0 Å². The summed E-state index contributed by atoms with van der Waals surface area (Å²) in [4.78, 5) is 48.2. The van der Waals surface area contributed by atoms with Crippen molar-refractivity contribution in [3.63, 3.8) is 0 Å². The van der Waals surface area contributed by atoms with Crippen LogP contribution in [-0.4, -0.2) is 35.1 Å². The lowest BCUT2D eigenvalue weighted by Gasteiger charge is -2.29. The maximum Gasteiger partial charge on any atom is 0.320 e. The molecule has 0 N–H and O–H groups in total. The molecule has 1 heterocycles. The van der Waals surface area contributed by atoms with E-state index in [0.717, 1.165) is 0 Å². The highest BCUT2D eigenvalue weighted by Gasteiger charge is 2.67. The summed E-state index contributed by atoms with van der Waals surface area (Å²) < 4.78 is 10.1. The van der Waals surface area contributed by atoms with E-state index < -0.39 is 40.0 Å². The minimum atomic E-state index is -1.70. The fraction of sp³-hybridized carbons (Fsp3) is 0.588. The average molecular weight is 351 g/mol. The first-order valence-corrected chi connectivity index (χ1v) is 8.09. The number of nitrogens with zero attached hydrogens (tertiary/aromatic N) is 1. The first-order chi connectivity index (χ1) is 11.8. The summed E-state index contributed by atoms with van der Waals surface area (Å²) in [6, 6.07) is 0.253. The molecule has 1 aliphatic rings. The van der Waals surface area contributed by atoms with E-state index in [4.69, 9.17) is 9.15 Å². The molecule has 1 fully saturated rings. The van der Waals surface area contributed by atoms with Crippen LogP contribution in [0.2, 0.25) is 0 Å². The summed E-state index contributed by atoms with van der Waals surface area (Å²) in [5.41, 5.74) is -1.31. The number of ether oxygens (including phenoxy) is 1. The topological polar surface area (TPSA) is 117 Å². The van der Waals surface area contributed by atoms with E-state index in [1.807, 2.05) is 0 Å². The van der Waals surface area contributed by atoms with E-state index in [-0.39, 0.29) is 25.2 Å². The largest absolute Gasteiger partial charge is 0.472 e. The number of esters is 1. The van der Waals surface area contributed by atoms with Gasteiger partial charge in [0.05, 0.1) is 25.1 Å². The predicted octanol–water partition coefficient (Wildman–Crippen LogP) is 2.15. The molecule has 0 spiro atoms. The van der Waals surface area contributed by atoms with Crippen molar-refractivity contribution in [2.24, 2.45) is 11.3 Å². The van der Waals surface area contributed by atoms with Crippen LogP contribution in [0.5, 0.6) is 0 Å². The first kappa shape index (κ1) is 18.8. The Morgan fingerprint density at radius 1 is 1.40 bits per heavy atom. The number of ketones is 2. The van der Waals surface area contributed by atoms with E-state index >= 15 is 0 Å². The van der Waals surface area contributed by atoms with Crippen LogP contribution < -0.4 is 0 Å². The molecule has 0 saturated heterocycles. The van der Waals surface area contributed by atoms with Crippen LogP contribution in [0.15, 0.2) is 23.0 Å². The lowest BCUT2D eigenvalue weighted by atomic mass is 9.71. The smallest absolute Gasteiger partial charge is 0.320 e. The van der Waals surface area contributed by atoms with E-state index in [9.17, 15) is 24.5 Å². The highest BCUT2D eigenvalue weighted by atomic mass is 16.6. The van der Waals surface area contributed by atoms with Crippen molar-refractivity contribution in [1.82, 2.24) is 0 Å². The number of carbonyl (C=O) groups excluding carboxylic acids is 3. The molecule has 2 rings (SSSR count). The molecule has 8 heteroatoms. The normalized spacial score (nSPS) is 28.5. The van der Waals surface area contributed by atoms with Gasteiger partial charge in [0, 0.05) is 22.8 Å². The van der Waals surface area contributed by atoms with Crippen molar-refractivity contribution in [1.29, 1.82) is 0 Å². The SMILES string of the molecule is CCOC(=O)[C@]1(C(C)=O)C[C@@H](CC(C)=O)[C@@H]([N+](=O)[O-])[C@@H]1c1ccoc1. The molecule has 1 saturated carbocycles. The highest BCUT2D eigenvalue weighted by Crippen LogP contribution is 2.55. The van der Waals surface area contributed by atoms with Gasteiger partial charge in [-0.1, -0.05) is 0 Å². The fourth-order valence-electron chi connectivity index (χ4n) is 3.99. The van der Waals surface area contributed by atoms with Gasteiger partial charge in [0.2, 0.25) is 6.04 Å². The summed E-state index contributed by atoms with van der Waals surface area (Å²) in [5.74, 6) is -3.30. The van der Waals surface area contributed by atoms with Crippen molar-refractivity contribution in [2.45, 2.75) is 45.6 Å². The summed E-state index contributed by atoms with van der Waals surface area (Å²) in [6.07, 6.45) is 2.46.